The van der Waals surface area contributed by atoms with Gasteiger partial charge in [0.25, 0.3) is 0 Å². The van der Waals surface area contributed by atoms with Gasteiger partial charge in [0.2, 0.25) is 11.7 Å². The molecule has 0 saturated carbocycles. The molecule has 32 heavy (non-hydrogen) atoms. The highest BCUT2D eigenvalue weighted by atomic mass is 32.2. The summed E-state index contributed by atoms with van der Waals surface area (Å²) < 4.78 is 8.72. The molecule has 0 unspecified atom stereocenters. The molecule has 1 N–H and O–H groups in total. The first-order chi connectivity index (χ1) is 15.3. The Bertz CT molecular complexity index is 1290. The van der Waals surface area contributed by atoms with Gasteiger partial charge in [-0.15, -0.1) is 11.3 Å². The summed E-state index contributed by atoms with van der Waals surface area (Å²) in [7, 11) is 0. The van der Waals surface area contributed by atoms with Crippen molar-refractivity contribution < 1.29 is 14.2 Å². The van der Waals surface area contributed by atoms with Crippen LogP contribution in [-0.2, 0) is 17.1 Å². The number of benzene rings is 1. The minimum Gasteiger partial charge on any atom is -0.361 e. The zero-order valence-corrected chi connectivity index (χ0v) is 19.2. The lowest BCUT2D eigenvalue weighted by Gasteiger charge is -2.06. The third kappa shape index (κ3) is 4.81. The van der Waals surface area contributed by atoms with Gasteiger partial charge in [-0.2, -0.15) is 0 Å². The number of imidazole rings is 1. The lowest BCUT2D eigenvalue weighted by molar-refractivity contribution is -0.389. The molecule has 0 radical (unpaired) electrons. The molecule has 1 amide bonds. The van der Waals surface area contributed by atoms with E-state index in [1.807, 2.05) is 32.0 Å². The number of hydrogen-bond donors (Lipinski definition) is 1. The van der Waals surface area contributed by atoms with E-state index in [0.717, 1.165) is 37.3 Å². The van der Waals surface area contributed by atoms with Crippen molar-refractivity contribution >= 4 is 50.7 Å². The number of thiazole rings is 1. The minimum atomic E-state index is -0.547. The van der Waals surface area contributed by atoms with Gasteiger partial charge in [-0.1, -0.05) is 16.9 Å². The highest BCUT2D eigenvalue weighted by Crippen LogP contribution is 2.34. The number of nitrogens with zero attached hydrogens (tertiary/aromatic N) is 5. The van der Waals surface area contributed by atoms with Gasteiger partial charge >= 0.3 is 5.82 Å². The highest BCUT2D eigenvalue weighted by Gasteiger charge is 2.16. The molecule has 0 fully saturated rings. The number of carbonyl (C=O) groups excluding carboxylic acids is 1. The Balaban J connectivity index is 1.37. The second-order valence-corrected chi connectivity index (χ2v) is 9.40. The molecule has 3 heterocycles. The first-order valence-electron chi connectivity index (χ1n) is 9.73. The van der Waals surface area contributed by atoms with Crippen LogP contribution in [0.1, 0.15) is 29.3 Å². The average Bonchev–Trinajstić information content (AvgIpc) is 3.42. The maximum Gasteiger partial charge on any atom is 0.381 e. The molecular weight excluding hydrogens is 452 g/mol. The van der Waals surface area contributed by atoms with Crippen LogP contribution in [0.4, 0.5) is 11.5 Å². The van der Waals surface area contributed by atoms with Crippen molar-refractivity contribution in [1.82, 2.24) is 19.7 Å². The number of carbonyl (C=O) groups is 1. The Morgan fingerprint density at radius 2 is 2.12 bits per heavy atom. The summed E-state index contributed by atoms with van der Waals surface area (Å²) in [6, 6.07) is 5.60. The van der Waals surface area contributed by atoms with Crippen LogP contribution in [0.3, 0.4) is 0 Å². The van der Waals surface area contributed by atoms with E-state index in [0.29, 0.717) is 18.1 Å². The zero-order chi connectivity index (χ0) is 22.8. The topological polar surface area (TPSA) is 129 Å². The van der Waals surface area contributed by atoms with Gasteiger partial charge in [0, 0.05) is 36.9 Å². The normalized spacial score (nSPS) is 11.2. The average molecular weight is 473 g/mol. The van der Waals surface area contributed by atoms with Gasteiger partial charge in [-0.05, 0) is 42.0 Å². The van der Waals surface area contributed by atoms with Crippen molar-refractivity contribution in [2.24, 2.45) is 0 Å². The van der Waals surface area contributed by atoms with Crippen LogP contribution >= 0.6 is 23.1 Å². The molecule has 0 bridgehead atoms. The number of thioether (sulfide) groups is 1. The fraction of sp³-hybridized carbons (Fsp3) is 0.300. The van der Waals surface area contributed by atoms with Crippen LogP contribution in [-0.4, -0.2) is 30.5 Å². The number of nitrogens with one attached hydrogen (secondary N) is 1. The summed E-state index contributed by atoms with van der Waals surface area (Å²) in [6.07, 6.45) is 1.52. The minimum absolute atomic E-state index is 0.174. The molecule has 0 saturated heterocycles. The molecular formula is C20H20N6O4S2. The van der Waals surface area contributed by atoms with Crippen molar-refractivity contribution in [3.8, 4) is 0 Å². The Morgan fingerprint density at radius 3 is 2.81 bits per heavy atom. The van der Waals surface area contributed by atoms with Gasteiger partial charge in [0.05, 0.1) is 15.9 Å². The maximum absolute atomic E-state index is 12.4. The van der Waals surface area contributed by atoms with Crippen molar-refractivity contribution in [1.29, 1.82) is 0 Å². The predicted octanol–water partition coefficient (Wildman–Crippen LogP) is 4.64. The summed E-state index contributed by atoms with van der Waals surface area (Å²) in [5.41, 5.74) is 3.53. The molecule has 3 aromatic heterocycles. The van der Waals surface area contributed by atoms with Gasteiger partial charge in [-0.3, -0.25) is 4.79 Å². The van der Waals surface area contributed by atoms with Crippen LogP contribution in [0.25, 0.3) is 10.2 Å². The van der Waals surface area contributed by atoms with Gasteiger partial charge in [-0.25, -0.2) is 4.98 Å². The molecule has 4 rings (SSSR count). The van der Waals surface area contributed by atoms with Crippen molar-refractivity contribution in [2.75, 3.05) is 5.32 Å². The standard InChI is InChI=1S/C20H20N6O4S2/c1-11-15(12(2)30-24-11)10-31-20-23-16-5-4-14(8-17(16)32-20)22-19(27)6-7-25-9-18(26(28)29)21-13(25)3/h4-5,8-9H,6-7,10H2,1-3H3,(H,22,27). The van der Waals surface area contributed by atoms with E-state index in [9.17, 15) is 14.9 Å². The number of amides is 1. The predicted molar refractivity (Wildman–Crippen MR) is 122 cm³/mol. The van der Waals surface area contributed by atoms with Crippen LogP contribution in [0, 0.1) is 30.9 Å². The Kier molecular flexibility index (Phi) is 6.24. The van der Waals surface area contributed by atoms with E-state index in [4.69, 9.17) is 4.52 Å². The molecule has 166 valence electrons. The summed E-state index contributed by atoms with van der Waals surface area (Å²) >= 11 is 3.19. The zero-order valence-electron chi connectivity index (χ0n) is 17.6. The summed E-state index contributed by atoms with van der Waals surface area (Å²) in [5.74, 6) is 1.65. The third-order valence-corrected chi connectivity index (χ3v) is 7.09. The lowest BCUT2D eigenvalue weighted by atomic mass is 10.2. The summed E-state index contributed by atoms with van der Waals surface area (Å²) in [4.78, 5) is 31.2. The summed E-state index contributed by atoms with van der Waals surface area (Å²) in [6.45, 7) is 5.81. The molecule has 0 spiro atoms. The lowest BCUT2D eigenvalue weighted by Crippen LogP contribution is -2.14. The molecule has 4 aromatic rings. The molecule has 0 aliphatic carbocycles. The number of rotatable bonds is 8. The number of anilines is 1. The van der Waals surface area contributed by atoms with Gasteiger partial charge < -0.3 is 24.5 Å². The first kappa shape index (κ1) is 22.0. The fourth-order valence-electron chi connectivity index (χ4n) is 3.14. The smallest absolute Gasteiger partial charge is 0.361 e. The van der Waals surface area contributed by atoms with Crippen molar-refractivity contribution in [3.05, 3.63) is 57.4 Å². The van der Waals surface area contributed by atoms with E-state index < -0.39 is 4.92 Å². The SMILES string of the molecule is Cc1noc(C)c1CSc1nc2ccc(NC(=O)CCn3cc([N+](=O)[O-])nc3C)cc2s1. The largest absolute Gasteiger partial charge is 0.381 e. The van der Waals surface area contributed by atoms with Crippen LogP contribution in [0.2, 0.25) is 0 Å². The maximum atomic E-state index is 12.4. The van der Waals surface area contributed by atoms with Crippen molar-refractivity contribution in [3.63, 3.8) is 0 Å². The van der Waals surface area contributed by atoms with Crippen LogP contribution in [0.15, 0.2) is 33.3 Å². The molecule has 12 heteroatoms. The third-order valence-electron chi connectivity index (χ3n) is 4.90. The quantitative estimate of drug-likeness (QED) is 0.223. The van der Waals surface area contributed by atoms with E-state index in [-0.39, 0.29) is 18.1 Å². The number of hydrogen-bond acceptors (Lipinski definition) is 9. The molecule has 10 nitrogen and oxygen atoms in total. The van der Waals surface area contributed by atoms with E-state index in [1.165, 1.54) is 6.20 Å². The first-order valence-corrected chi connectivity index (χ1v) is 11.5. The van der Waals surface area contributed by atoms with Gasteiger partial charge in [0.15, 0.2) is 4.34 Å². The van der Waals surface area contributed by atoms with E-state index in [1.54, 1.807) is 34.6 Å². The second-order valence-electron chi connectivity index (χ2n) is 7.15. The fourth-order valence-corrected chi connectivity index (χ4v) is 5.40. The summed E-state index contributed by atoms with van der Waals surface area (Å²) in [5, 5.41) is 17.7. The molecule has 0 atom stereocenters. The van der Waals surface area contributed by atoms with E-state index in [2.05, 4.69) is 20.4 Å². The van der Waals surface area contributed by atoms with Crippen molar-refractivity contribution in [2.45, 2.75) is 43.8 Å². The molecule has 0 aliphatic rings. The second kappa shape index (κ2) is 9.09. The molecule has 0 aliphatic heterocycles. The molecule has 1 aromatic carbocycles. The number of nitro groups is 1. The highest BCUT2D eigenvalue weighted by molar-refractivity contribution is 8.00. The monoisotopic (exact) mass is 472 g/mol. The Labute approximate surface area is 191 Å². The van der Waals surface area contributed by atoms with Crippen LogP contribution < -0.4 is 5.32 Å². The Morgan fingerprint density at radius 1 is 1.31 bits per heavy atom. The number of aromatic nitrogens is 4. The van der Waals surface area contributed by atoms with Gasteiger partial charge in [0.1, 0.15) is 12.0 Å². The number of aryl methyl sites for hydroxylation is 4. The number of fused-ring (bicyclic) bond motifs is 1. The van der Waals surface area contributed by atoms with E-state index >= 15 is 0 Å². The Hall–Kier alpha value is -3.25. The van der Waals surface area contributed by atoms with Crippen LogP contribution in [0.5, 0.6) is 0 Å².